The van der Waals surface area contributed by atoms with Crippen molar-refractivity contribution >= 4 is 23.5 Å². The highest BCUT2D eigenvalue weighted by Gasteiger charge is 2.35. The van der Waals surface area contributed by atoms with Gasteiger partial charge in [0.05, 0.1) is 11.6 Å². The SMILES string of the molecule is N#CC1(NC(=O)COC(=O)c2cccnc2Cl)CCCC1. The number of nitrogens with one attached hydrogen (secondary N) is 1. The van der Waals surface area contributed by atoms with Crippen LogP contribution in [0.5, 0.6) is 0 Å². The van der Waals surface area contributed by atoms with E-state index in [4.69, 9.17) is 21.6 Å². The predicted molar refractivity (Wildman–Crippen MR) is 74.5 cm³/mol. The molecular weight excluding hydrogens is 294 g/mol. The van der Waals surface area contributed by atoms with Crippen molar-refractivity contribution in [1.29, 1.82) is 5.26 Å². The average Bonchev–Trinajstić information content (AvgIpc) is 2.94. The third-order valence-electron chi connectivity index (χ3n) is 3.36. The highest BCUT2D eigenvalue weighted by Crippen LogP contribution is 2.28. The van der Waals surface area contributed by atoms with Gasteiger partial charge in [0.1, 0.15) is 10.7 Å². The van der Waals surface area contributed by atoms with E-state index in [9.17, 15) is 9.59 Å². The number of rotatable bonds is 4. The largest absolute Gasteiger partial charge is 0.452 e. The summed E-state index contributed by atoms with van der Waals surface area (Å²) in [4.78, 5) is 27.3. The molecule has 0 spiro atoms. The van der Waals surface area contributed by atoms with Gasteiger partial charge in [0.15, 0.2) is 6.61 Å². The Hall–Kier alpha value is -2.13. The number of ether oxygens (including phenoxy) is 1. The lowest BCUT2D eigenvalue weighted by Crippen LogP contribution is -2.46. The van der Waals surface area contributed by atoms with Crippen molar-refractivity contribution in [3.63, 3.8) is 0 Å². The maximum atomic E-state index is 11.8. The second-order valence-corrected chi connectivity index (χ2v) is 5.23. The zero-order chi connectivity index (χ0) is 15.3. The lowest BCUT2D eigenvalue weighted by Gasteiger charge is -2.21. The van der Waals surface area contributed by atoms with E-state index in [1.165, 1.54) is 12.3 Å². The molecule has 7 heteroatoms. The van der Waals surface area contributed by atoms with E-state index < -0.39 is 24.0 Å². The molecule has 1 amide bonds. The molecule has 110 valence electrons. The first-order valence-corrected chi connectivity index (χ1v) is 6.94. The molecule has 0 radical (unpaired) electrons. The molecule has 1 aliphatic rings. The van der Waals surface area contributed by atoms with Crippen LogP contribution in [0.25, 0.3) is 0 Å². The molecule has 2 rings (SSSR count). The van der Waals surface area contributed by atoms with Gasteiger partial charge >= 0.3 is 5.97 Å². The molecule has 1 aromatic heterocycles. The number of halogens is 1. The predicted octanol–water partition coefficient (Wildman–Crippen LogP) is 1.84. The Labute approximate surface area is 127 Å². The molecular formula is C14H14ClN3O3. The van der Waals surface area contributed by atoms with Gasteiger partial charge < -0.3 is 10.1 Å². The summed E-state index contributed by atoms with van der Waals surface area (Å²) in [5, 5.41) is 11.8. The smallest absolute Gasteiger partial charge is 0.341 e. The number of hydrogen-bond donors (Lipinski definition) is 1. The minimum atomic E-state index is -0.824. The summed E-state index contributed by atoms with van der Waals surface area (Å²) in [6.07, 6.45) is 4.50. The molecule has 1 fully saturated rings. The summed E-state index contributed by atoms with van der Waals surface area (Å²) in [6, 6.07) is 5.14. The van der Waals surface area contributed by atoms with E-state index in [1.807, 2.05) is 0 Å². The van der Waals surface area contributed by atoms with Gasteiger partial charge in [-0.1, -0.05) is 11.6 Å². The highest BCUT2D eigenvalue weighted by atomic mass is 35.5. The zero-order valence-corrected chi connectivity index (χ0v) is 12.0. The summed E-state index contributed by atoms with van der Waals surface area (Å²) in [7, 11) is 0. The van der Waals surface area contributed by atoms with Crippen molar-refractivity contribution in [3.8, 4) is 6.07 Å². The second-order valence-electron chi connectivity index (χ2n) is 4.87. The Bertz CT molecular complexity index is 591. The van der Waals surface area contributed by atoms with E-state index in [1.54, 1.807) is 6.07 Å². The monoisotopic (exact) mass is 307 g/mol. The Morgan fingerprint density at radius 3 is 2.81 bits per heavy atom. The standard InChI is InChI=1S/C14H14ClN3O3/c15-12-10(4-3-7-17-12)13(20)21-8-11(19)18-14(9-16)5-1-2-6-14/h3-4,7H,1-2,5-6,8H2,(H,18,19). The summed E-state index contributed by atoms with van der Waals surface area (Å²) in [5.74, 6) is -1.22. The van der Waals surface area contributed by atoms with Crippen LogP contribution in [0.1, 0.15) is 36.0 Å². The molecule has 1 saturated carbocycles. The van der Waals surface area contributed by atoms with Crippen LogP contribution in [0.4, 0.5) is 0 Å². The molecule has 1 N–H and O–H groups in total. The van der Waals surface area contributed by atoms with Crippen LogP contribution in [0.2, 0.25) is 5.15 Å². The number of amides is 1. The minimum absolute atomic E-state index is 0.0206. The molecule has 0 aromatic carbocycles. The van der Waals surface area contributed by atoms with Crippen LogP contribution in [0.15, 0.2) is 18.3 Å². The number of carbonyl (C=O) groups is 2. The topological polar surface area (TPSA) is 92.1 Å². The molecule has 0 saturated heterocycles. The summed E-state index contributed by atoms with van der Waals surface area (Å²) < 4.78 is 4.89. The molecule has 0 bridgehead atoms. The van der Waals surface area contributed by atoms with E-state index >= 15 is 0 Å². The van der Waals surface area contributed by atoms with Gasteiger partial charge in [0.25, 0.3) is 5.91 Å². The second kappa shape index (κ2) is 6.55. The highest BCUT2D eigenvalue weighted by molar-refractivity contribution is 6.32. The van der Waals surface area contributed by atoms with Crippen LogP contribution >= 0.6 is 11.6 Å². The number of pyridine rings is 1. The van der Waals surface area contributed by atoms with Gasteiger partial charge in [0, 0.05) is 6.20 Å². The Balaban J connectivity index is 1.88. The summed E-state index contributed by atoms with van der Waals surface area (Å²) in [5.41, 5.74) is -0.724. The van der Waals surface area contributed by atoms with Crippen molar-refractivity contribution in [2.45, 2.75) is 31.2 Å². The number of hydrogen-bond acceptors (Lipinski definition) is 5. The molecule has 6 nitrogen and oxygen atoms in total. The first kappa shape index (κ1) is 15.3. The first-order valence-electron chi connectivity index (χ1n) is 6.56. The Morgan fingerprint density at radius 1 is 1.48 bits per heavy atom. The van der Waals surface area contributed by atoms with E-state index in [0.29, 0.717) is 12.8 Å². The lowest BCUT2D eigenvalue weighted by atomic mass is 10.00. The van der Waals surface area contributed by atoms with Gasteiger partial charge in [-0.25, -0.2) is 9.78 Å². The maximum Gasteiger partial charge on any atom is 0.341 e. The third kappa shape index (κ3) is 3.70. The van der Waals surface area contributed by atoms with Crippen molar-refractivity contribution < 1.29 is 14.3 Å². The van der Waals surface area contributed by atoms with Crippen LogP contribution in [-0.2, 0) is 9.53 Å². The fraction of sp³-hybridized carbons (Fsp3) is 0.429. The fourth-order valence-corrected chi connectivity index (χ4v) is 2.49. The van der Waals surface area contributed by atoms with Crippen LogP contribution in [-0.4, -0.2) is 29.0 Å². The summed E-state index contributed by atoms with van der Waals surface area (Å²) in [6.45, 7) is -0.451. The maximum absolute atomic E-state index is 11.8. The third-order valence-corrected chi connectivity index (χ3v) is 3.66. The molecule has 0 unspecified atom stereocenters. The lowest BCUT2D eigenvalue weighted by molar-refractivity contribution is -0.125. The number of esters is 1. The van der Waals surface area contributed by atoms with Gasteiger partial charge in [-0.05, 0) is 37.8 Å². The van der Waals surface area contributed by atoms with Gasteiger partial charge in [0.2, 0.25) is 0 Å². The average molecular weight is 308 g/mol. The van der Waals surface area contributed by atoms with Crippen molar-refractivity contribution in [1.82, 2.24) is 10.3 Å². The molecule has 0 atom stereocenters. The van der Waals surface area contributed by atoms with Crippen LogP contribution in [0.3, 0.4) is 0 Å². The van der Waals surface area contributed by atoms with Crippen molar-refractivity contribution in [2.24, 2.45) is 0 Å². The molecule has 0 aliphatic heterocycles. The van der Waals surface area contributed by atoms with Crippen LogP contribution in [0, 0.1) is 11.3 Å². The molecule has 1 heterocycles. The van der Waals surface area contributed by atoms with Gasteiger partial charge in [-0.2, -0.15) is 5.26 Å². The normalized spacial score (nSPS) is 16.0. The molecule has 21 heavy (non-hydrogen) atoms. The number of nitrogens with zero attached hydrogens (tertiary/aromatic N) is 2. The van der Waals surface area contributed by atoms with E-state index in [-0.39, 0.29) is 10.7 Å². The number of nitriles is 1. The minimum Gasteiger partial charge on any atom is -0.452 e. The Morgan fingerprint density at radius 2 is 2.19 bits per heavy atom. The Kier molecular flexibility index (Phi) is 4.76. The van der Waals surface area contributed by atoms with Crippen molar-refractivity contribution in [3.05, 3.63) is 29.0 Å². The molecule has 1 aromatic rings. The van der Waals surface area contributed by atoms with E-state index in [0.717, 1.165) is 12.8 Å². The molecule has 1 aliphatic carbocycles. The van der Waals surface area contributed by atoms with Crippen LogP contribution < -0.4 is 5.32 Å². The number of aromatic nitrogens is 1. The number of carbonyl (C=O) groups excluding carboxylic acids is 2. The van der Waals surface area contributed by atoms with Crippen molar-refractivity contribution in [2.75, 3.05) is 6.61 Å². The van der Waals surface area contributed by atoms with E-state index in [2.05, 4.69) is 16.4 Å². The quantitative estimate of drug-likeness (QED) is 0.677. The van der Waals surface area contributed by atoms with Gasteiger partial charge in [-0.3, -0.25) is 4.79 Å². The summed E-state index contributed by atoms with van der Waals surface area (Å²) >= 11 is 5.76. The first-order chi connectivity index (χ1) is 10.1. The van der Waals surface area contributed by atoms with Gasteiger partial charge in [-0.15, -0.1) is 0 Å². The zero-order valence-electron chi connectivity index (χ0n) is 11.3. The fourth-order valence-electron chi connectivity index (χ4n) is 2.29.